The zero-order valence-corrected chi connectivity index (χ0v) is 37.9. The van der Waals surface area contributed by atoms with Crippen molar-refractivity contribution in [2.24, 2.45) is 5.73 Å². The number of aliphatic hydroxyl groups excluding tert-OH is 1. The van der Waals surface area contributed by atoms with Crippen LogP contribution >= 0.6 is 7.82 Å². The summed E-state index contributed by atoms with van der Waals surface area (Å²) in [5.41, 5.74) is 7.99. The van der Waals surface area contributed by atoms with Gasteiger partial charge in [-0.2, -0.15) is 0 Å². The average Bonchev–Trinajstić information content (AvgIpc) is 3.48. The Kier molecular flexibility index (Phi) is 33.0. The Morgan fingerprint density at radius 3 is 1.95 bits per heavy atom. The maximum Gasteiger partial charge on any atom is 0.472 e. The molecular formula is C47H80NO10P. The Balaban J connectivity index is 2.31. The van der Waals surface area contributed by atoms with Crippen molar-refractivity contribution in [1.82, 2.24) is 0 Å². The fourth-order valence-corrected chi connectivity index (χ4v) is 7.09. The van der Waals surface area contributed by atoms with Gasteiger partial charge in [0.25, 0.3) is 0 Å². The summed E-state index contributed by atoms with van der Waals surface area (Å²) in [6.45, 7) is 7.81. The van der Waals surface area contributed by atoms with Crippen LogP contribution in [0.3, 0.4) is 0 Å². The summed E-state index contributed by atoms with van der Waals surface area (Å²) in [6.07, 6.45) is 35.8. The Morgan fingerprint density at radius 1 is 0.712 bits per heavy atom. The second-order valence-electron chi connectivity index (χ2n) is 15.3. The maximum atomic E-state index is 12.7. The summed E-state index contributed by atoms with van der Waals surface area (Å²) in [6, 6.07) is 0. The summed E-state index contributed by atoms with van der Waals surface area (Å²) in [4.78, 5) is 35.0. The van der Waals surface area contributed by atoms with E-state index in [9.17, 15) is 24.2 Å². The first-order valence-electron chi connectivity index (χ1n) is 22.6. The fourth-order valence-electron chi connectivity index (χ4n) is 6.33. The minimum absolute atomic E-state index is 0.0309. The molecule has 4 N–H and O–H groups in total. The second kappa shape index (κ2) is 35.9. The molecule has 0 saturated carbocycles. The molecule has 1 aromatic heterocycles. The number of phosphoric acid groups is 1. The number of allylic oxidation sites excluding steroid dienone is 7. The van der Waals surface area contributed by atoms with E-state index in [1.807, 2.05) is 36.5 Å². The molecule has 0 aliphatic heterocycles. The van der Waals surface area contributed by atoms with Crippen LogP contribution in [0.15, 0.2) is 53.0 Å². The van der Waals surface area contributed by atoms with E-state index in [2.05, 4.69) is 39.8 Å². The lowest BCUT2D eigenvalue weighted by atomic mass is 10.0. The largest absolute Gasteiger partial charge is 0.472 e. The number of aryl methyl sites for hydroxylation is 2. The van der Waals surface area contributed by atoms with Crippen LogP contribution in [0.5, 0.6) is 0 Å². The van der Waals surface area contributed by atoms with E-state index < -0.39 is 32.5 Å². The first-order valence-corrected chi connectivity index (χ1v) is 24.1. The molecule has 0 bridgehead atoms. The lowest BCUT2D eigenvalue weighted by Gasteiger charge is -2.19. The van der Waals surface area contributed by atoms with Gasteiger partial charge in [0.05, 0.1) is 19.3 Å². The van der Waals surface area contributed by atoms with Gasteiger partial charge in [-0.1, -0.05) is 133 Å². The maximum absolute atomic E-state index is 12.7. The molecule has 1 heterocycles. The summed E-state index contributed by atoms with van der Waals surface area (Å²) in [7, 11) is -4.42. The van der Waals surface area contributed by atoms with Gasteiger partial charge in [0, 0.05) is 32.2 Å². The van der Waals surface area contributed by atoms with Crippen LogP contribution in [0.25, 0.3) is 0 Å². The predicted octanol–water partition coefficient (Wildman–Crippen LogP) is 11.3. The normalized spacial score (nSPS) is 14.2. The molecule has 0 amide bonds. The van der Waals surface area contributed by atoms with Gasteiger partial charge < -0.3 is 29.6 Å². The number of ether oxygens (including phenoxy) is 2. The first-order chi connectivity index (χ1) is 28.5. The molecule has 0 aliphatic rings. The Bertz CT molecular complexity index is 1400. The van der Waals surface area contributed by atoms with Crippen LogP contribution in [-0.2, 0) is 45.5 Å². The Morgan fingerprint density at radius 2 is 1.29 bits per heavy atom. The van der Waals surface area contributed by atoms with Crippen molar-refractivity contribution >= 4 is 19.8 Å². The van der Waals surface area contributed by atoms with Gasteiger partial charge in [-0.15, -0.1) is 0 Å². The monoisotopic (exact) mass is 850 g/mol. The van der Waals surface area contributed by atoms with E-state index in [4.69, 9.17) is 28.7 Å². The van der Waals surface area contributed by atoms with Crippen LogP contribution < -0.4 is 5.73 Å². The molecule has 1 rings (SSSR count). The van der Waals surface area contributed by atoms with Crippen molar-refractivity contribution in [2.45, 2.75) is 188 Å². The summed E-state index contributed by atoms with van der Waals surface area (Å²) < 4.78 is 39.0. The third kappa shape index (κ3) is 30.0. The number of carbonyl (C=O) groups excluding carboxylic acids is 2. The number of nitrogens with two attached hydrogens (primary N) is 1. The minimum atomic E-state index is -4.42. The van der Waals surface area contributed by atoms with E-state index in [0.717, 1.165) is 95.0 Å². The molecule has 0 aliphatic carbocycles. The fraction of sp³-hybridized carbons (Fsp3) is 0.702. The first kappa shape index (κ1) is 54.2. The van der Waals surface area contributed by atoms with Crippen LogP contribution in [0.4, 0.5) is 0 Å². The van der Waals surface area contributed by atoms with Crippen molar-refractivity contribution in [3.63, 3.8) is 0 Å². The standard InChI is InChI=1S/C47H80NO10P/c1-5-7-24-30-42(49)31-26-20-16-12-10-9-11-13-18-22-28-34-46(50)54-38-43(39-56-59(52,53)55-37-36-48)57-47(51)35-29-23-19-15-14-17-21-27-33-45-41(4)40(3)44(58-45)32-25-8-6-2/h9-10,13,16,18,20,26,31,42-43,49H,5-8,11-12,14-15,17,19,21-25,27-30,32-39,48H2,1-4H3,(H,52,53)/b10-9-,18-13-,20-16-,31-26+/t42-,43-/m1/s1. The van der Waals surface area contributed by atoms with E-state index in [1.54, 1.807) is 0 Å². The van der Waals surface area contributed by atoms with E-state index >= 15 is 0 Å². The molecule has 12 heteroatoms. The molecule has 338 valence electrons. The van der Waals surface area contributed by atoms with Crippen molar-refractivity contribution < 1.29 is 47.1 Å². The minimum Gasteiger partial charge on any atom is -0.466 e. The van der Waals surface area contributed by atoms with Gasteiger partial charge in [-0.25, -0.2) is 4.57 Å². The molecule has 0 radical (unpaired) electrons. The van der Waals surface area contributed by atoms with Crippen LogP contribution in [0, 0.1) is 13.8 Å². The molecule has 59 heavy (non-hydrogen) atoms. The lowest BCUT2D eigenvalue weighted by molar-refractivity contribution is -0.161. The summed E-state index contributed by atoms with van der Waals surface area (Å²) in [5.74, 6) is 1.37. The van der Waals surface area contributed by atoms with E-state index in [-0.39, 0.29) is 38.7 Å². The van der Waals surface area contributed by atoms with Gasteiger partial charge in [0.2, 0.25) is 0 Å². The van der Waals surface area contributed by atoms with Gasteiger partial charge in [-0.05, 0) is 76.3 Å². The summed E-state index contributed by atoms with van der Waals surface area (Å²) >= 11 is 0. The molecule has 1 unspecified atom stereocenters. The van der Waals surface area contributed by atoms with Gasteiger partial charge >= 0.3 is 19.8 Å². The zero-order chi connectivity index (χ0) is 43.4. The van der Waals surface area contributed by atoms with Crippen LogP contribution in [-0.4, -0.2) is 60.5 Å². The number of hydrogen-bond acceptors (Lipinski definition) is 10. The van der Waals surface area contributed by atoms with Gasteiger partial charge in [0.15, 0.2) is 6.10 Å². The highest BCUT2D eigenvalue weighted by atomic mass is 31.2. The quantitative estimate of drug-likeness (QED) is 0.0190. The van der Waals surface area contributed by atoms with Crippen LogP contribution in [0.1, 0.15) is 171 Å². The topological polar surface area (TPSA) is 168 Å². The number of aliphatic hydroxyl groups is 1. The van der Waals surface area contributed by atoms with Crippen molar-refractivity contribution in [2.75, 3.05) is 26.4 Å². The lowest BCUT2D eigenvalue weighted by Crippen LogP contribution is -2.29. The van der Waals surface area contributed by atoms with Crippen molar-refractivity contribution in [3.8, 4) is 0 Å². The highest BCUT2D eigenvalue weighted by Crippen LogP contribution is 2.43. The second-order valence-corrected chi connectivity index (χ2v) is 16.8. The van der Waals surface area contributed by atoms with E-state index in [0.29, 0.717) is 19.3 Å². The molecule has 11 nitrogen and oxygen atoms in total. The number of carbonyl (C=O) groups is 2. The highest BCUT2D eigenvalue weighted by molar-refractivity contribution is 7.47. The number of furan rings is 1. The third-order valence-electron chi connectivity index (χ3n) is 10.0. The van der Waals surface area contributed by atoms with Gasteiger partial charge in [0.1, 0.15) is 18.1 Å². The Labute approximate surface area is 356 Å². The van der Waals surface area contributed by atoms with E-state index in [1.165, 1.54) is 43.2 Å². The number of esters is 2. The number of phosphoric ester groups is 1. The molecule has 0 spiro atoms. The van der Waals surface area contributed by atoms with Crippen molar-refractivity contribution in [3.05, 3.63) is 71.3 Å². The number of unbranched alkanes of at least 4 members (excludes halogenated alkanes) is 12. The molecule has 1 aromatic rings. The molecule has 0 saturated heterocycles. The molecule has 0 fully saturated rings. The SMILES string of the molecule is CCCCCc1oc(CCCCCCCCCCC(=O)O[C@H](COC(=O)CCC/C=C\C/C=C\C/C=C\C=C\[C@H](O)CCCCC)COP(=O)(O)OCCN)c(C)c1C. The highest BCUT2D eigenvalue weighted by Gasteiger charge is 2.26. The zero-order valence-electron chi connectivity index (χ0n) is 37.1. The third-order valence-corrected chi connectivity index (χ3v) is 11.0. The van der Waals surface area contributed by atoms with Crippen LogP contribution in [0.2, 0.25) is 0 Å². The Hall–Kier alpha value is -2.79. The molecular weight excluding hydrogens is 769 g/mol. The smallest absolute Gasteiger partial charge is 0.466 e. The van der Waals surface area contributed by atoms with Gasteiger partial charge in [-0.3, -0.25) is 18.6 Å². The number of rotatable bonds is 38. The number of hydrogen-bond donors (Lipinski definition) is 3. The average molecular weight is 850 g/mol. The molecule has 3 atom stereocenters. The van der Waals surface area contributed by atoms with Crippen molar-refractivity contribution in [1.29, 1.82) is 0 Å². The molecule has 0 aromatic carbocycles. The predicted molar refractivity (Wildman–Crippen MR) is 238 cm³/mol. The summed E-state index contributed by atoms with van der Waals surface area (Å²) in [5, 5.41) is 9.90.